The van der Waals surface area contributed by atoms with Crippen LogP contribution in [-0.4, -0.2) is 64.7 Å². The van der Waals surface area contributed by atoms with Gasteiger partial charge in [0.05, 0.1) is 70.7 Å². The van der Waals surface area contributed by atoms with E-state index in [-0.39, 0.29) is 23.3 Å². The van der Waals surface area contributed by atoms with Crippen LogP contribution in [-0.2, 0) is 11.8 Å². The number of likely N-dealkylation sites (tertiary alicyclic amines) is 1. The van der Waals surface area contributed by atoms with Gasteiger partial charge >= 0.3 is 0 Å². The number of fused-ring (bicyclic) bond motifs is 1. The van der Waals surface area contributed by atoms with Crippen LogP contribution >= 0.6 is 0 Å². The fourth-order valence-electron chi connectivity index (χ4n) is 4.11. The Balaban J connectivity index is 1.29. The van der Waals surface area contributed by atoms with Crippen molar-refractivity contribution < 1.29 is 9.59 Å². The van der Waals surface area contributed by atoms with Crippen molar-refractivity contribution in [1.29, 1.82) is 0 Å². The molecule has 1 aliphatic rings. The van der Waals surface area contributed by atoms with Crippen molar-refractivity contribution in [3.05, 3.63) is 54.5 Å². The van der Waals surface area contributed by atoms with E-state index in [9.17, 15) is 9.59 Å². The fourth-order valence-corrected chi connectivity index (χ4v) is 4.11. The van der Waals surface area contributed by atoms with Gasteiger partial charge in [0.2, 0.25) is 5.91 Å². The molecule has 2 amide bonds. The molecule has 186 valence electrons. The molecule has 0 radical (unpaired) electrons. The molecule has 36 heavy (non-hydrogen) atoms. The van der Waals surface area contributed by atoms with E-state index in [0.717, 1.165) is 18.7 Å². The smallest absolute Gasteiger partial charge is 0.259 e. The molecule has 5 rings (SSSR count). The van der Waals surface area contributed by atoms with E-state index in [1.807, 2.05) is 13.2 Å². The Morgan fingerprint density at radius 2 is 1.78 bits per heavy atom. The van der Waals surface area contributed by atoms with E-state index in [4.69, 9.17) is 0 Å². The van der Waals surface area contributed by atoms with E-state index >= 15 is 0 Å². The van der Waals surface area contributed by atoms with Crippen LogP contribution in [0.25, 0.3) is 16.8 Å². The number of pyridine rings is 1. The van der Waals surface area contributed by atoms with Crippen LogP contribution in [0.3, 0.4) is 0 Å². The van der Waals surface area contributed by atoms with Gasteiger partial charge in [-0.2, -0.15) is 10.2 Å². The maximum Gasteiger partial charge on any atom is 0.259 e. The van der Waals surface area contributed by atoms with Crippen LogP contribution in [0.2, 0.25) is 0 Å². The summed E-state index contributed by atoms with van der Waals surface area (Å²) in [6.45, 7) is 9.66. The summed E-state index contributed by atoms with van der Waals surface area (Å²) in [5.74, 6) is -0.447. The van der Waals surface area contributed by atoms with Crippen LogP contribution in [0.4, 0.5) is 11.4 Å². The molecular formula is C25H29N9O2. The Hall–Kier alpha value is -4.12. The first-order chi connectivity index (χ1) is 17.1. The first-order valence-electron chi connectivity index (χ1n) is 11.7. The average Bonchev–Trinajstić information content (AvgIpc) is 3.39. The molecule has 1 fully saturated rings. The van der Waals surface area contributed by atoms with Gasteiger partial charge < -0.3 is 10.6 Å². The summed E-state index contributed by atoms with van der Waals surface area (Å²) in [5.41, 5.74) is 4.25. The molecule has 0 unspecified atom stereocenters. The van der Waals surface area contributed by atoms with Crippen molar-refractivity contribution in [2.24, 2.45) is 13.0 Å². The van der Waals surface area contributed by atoms with Crippen LogP contribution in [0.1, 0.15) is 36.8 Å². The van der Waals surface area contributed by atoms with Gasteiger partial charge in [0, 0.05) is 37.4 Å². The third-order valence-electron chi connectivity index (χ3n) is 6.45. The quantitative estimate of drug-likeness (QED) is 0.444. The van der Waals surface area contributed by atoms with Gasteiger partial charge in [-0.1, -0.05) is 0 Å². The van der Waals surface area contributed by atoms with Crippen molar-refractivity contribution >= 4 is 28.7 Å². The zero-order valence-corrected chi connectivity index (χ0v) is 21.0. The average molecular weight is 488 g/mol. The van der Waals surface area contributed by atoms with Crippen molar-refractivity contribution in [3.63, 3.8) is 0 Å². The second kappa shape index (κ2) is 8.83. The highest BCUT2D eigenvalue weighted by Crippen LogP contribution is 2.27. The SMILES string of the molecule is Cc1ncc(NC(=O)C2CN(C(C)(C)C)C2)cc1NC(=O)c1cnn2cc(-c3cnn(C)c3)ncc12. The molecule has 1 saturated heterocycles. The van der Waals surface area contributed by atoms with Crippen LogP contribution in [0.15, 0.2) is 43.2 Å². The molecule has 5 heterocycles. The first kappa shape index (κ1) is 23.6. The molecule has 0 saturated carbocycles. The molecule has 1 aliphatic heterocycles. The molecule has 0 spiro atoms. The Bertz CT molecular complexity index is 1460. The number of nitrogens with one attached hydrogen (secondary N) is 2. The topological polar surface area (TPSA) is 122 Å². The van der Waals surface area contributed by atoms with Gasteiger partial charge in [0.25, 0.3) is 5.91 Å². The number of anilines is 2. The summed E-state index contributed by atoms with van der Waals surface area (Å²) < 4.78 is 3.31. The van der Waals surface area contributed by atoms with Crippen molar-refractivity contribution in [2.45, 2.75) is 33.2 Å². The van der Waals surface area contributed by atoms with Crippen molar-refractivity contribution in [1.82, 2.24) is 34.3 Å². The Morgan fingerprint density at radius 1 is 1.00 bits per heavy atom. The molecule has 4 aromatic rings. The number of nitrogens with zero attached hydrogens (tertiary/aromatic N) is 7. The zero-order valence-electron chi connectivity index (χ0n) is 21.0. The summed E-state index contributed by atoms with van der Waals surface area (Å²) in [6.07, 6.45) is 10.1. The van der Waals surface area contributed by atoms with Gasteiger partial charge in [-0.3, -0.25) is 29.1 Å². The van der Waals surface area contributed by atoms with Gasteiger partial charge in [-0.05, 0) is 33.8 Å². The lowest BCUT2D eigenvalue weighted by Gasteiger charge is -2.46. The maximum absolute atomic E-state index is 13.1. The second-order valence-electron chi connectivity index (χ2n) is 10.1. The number of aromatic nitrogens is 6. The minimum Gasteiger partial charge on any atom is -0.324 e. The molecule has 2 N–H and O–H groups in total. The molecule has 0 bridgehead atoms. The molecule has 0 aliphatic carbocycles. The van der Waals surface area contributed by atoms with Gasteiger partial charge in [0.15, 0.2) is 0 Å². The number of aryl methyl sites for hydroxylation is 2. The van der Waals surface area contributed by atoms with E-state index in [0.29, 0.717) is 33.8 Å². The molecule has 4 aromatic heterocycles. The highest BCUT2D eigenvalue weighted by Gasteiger charge is 2.38. The molecule has 11 heteroatoms. The molecule has 0 atom stereocenters. The monoisotopic (exact) mass is 487 g/mol. The predicted molar refractivity (Wildman–Crippen MR) is 136 cm³/mol. The van der Waals surface area contributed by atoms with Gasteiger partial charge in [-0.25, -0.2) is 4.52 Å². The van der Waals surface area contributed by atoms with Crippen LogP contribution in [0, 0.1) is 12.8 Å². The van der Waals surface area contributed by atoms with E-state index in [1.54, 1.807) is 47.0 Å². The van der Waals surface area contributed by atoms with E-state index in [1.165, 1.54) is 6.20 Å². The standard InChI is InChI=1S/C25H29N9O2/c1-15-20(6-18(8-26-15)30-23(35)17-12-33(13-17)25(2,3)4)31-24(36)19-9-29-34-14-21(27-10-22(19)34)16-7-28-32(5)11-16/h6-11,14,17H,12-13H2,1-5H3,(H,30,35)(H,31,36). The van der Waals surface area contributed by atoms with Gasteiger partial charge in [0.1, 0.15) is 0 Å². The van der Waals surface area contributed by atoms with Crippen LogP contribution in [0.5, 0.6) is 0 Å². The zero-order chi connectivity index (χ0) is 25.6. The number of carbonyl (C=O) groups is 2. The van der Waals surface area contributed by atoms with Crippen molar-refractivity contribution in [3.8, 4) is 11.3 Å². The molecular weight excluding hydrogens is 458 g/mol. The summed E-state index contributed by atoms with van der Waals surface area (Å²) in [5, 5.41) is 14.3. The Kier molecular flexibility index (Phi) is 5.79. The molecule has 11 nitrogen and oxygen atoms in total. The Morgan fingerprint density at radius 3 is 2.47 bits per heavy atom. The number of amides is 2. The minimum atomic E-state index is -0.339. The minimum absolute atomic E-state index is 0.0449. The number of hydrogen-bond acceptors (Lipinski definition) is 7. The molecule has 0 aromatic carbocycles. The number of hydrogen-bond donors (Lipinski definition) is 2. The lowest BCUT2D eigenvalue weighted by Crippen LogP contribution is -2.59. The Labute approximate surface area is 208 Å². The predicted octanol–water partition coefficient (Wildman–Crippen LogP) is 2.75. The third-order valence-corrected chi connectivity index (χ3v) is 6.45. The first-order valence-corrected chi connectivity index (χ1v) is 11.7. The normalized spacial score (nSPS) is 14.6. The highest BCUT2D eigenvalue weighted by molar-refractivity contribution is 6.09. The summed E-state index contributed by atoms with van der Waals surface area (Å²) in [4.78, 5) is 36.9. The van der Waals surface area contributed by atoms with Crippen molar-refractivity contribution in [2.75, 3.05) is 23.7 Å². The van der Waals surface area contributed by atoms with E-state index in [2.05, 4.69) is 56.5 Å². The van der Waals surface area contributed by atoms with Crippen LogP contribution < -0.4 is 10.6 Å². The lowest BCUT2D eigenvalue weighted by atomic mass is 9.92. The number of rotatable bonds is 5. The summed E-state index contributed by atoms with van der Waals surface area (Å²) in [7, 11) is 1.84. The highest BCUT2D eigenvalue weighted by atomic mass is 16.2. The largest absolute Gasteiger partial charge is 0.324 e. The third kappa shape index (κ3) is 4.57. The van der Waals surface area contributed by atoms with E-state index < -0.39 is 0 Å². The second-order valence-corrected chi connectivity index (χ2v) is 10.1. The maximum atomic E-state index is 13.1. The summed E-state index contributed by atoms with van der Waals surface area (Å²) >= 11 is 0. The van der Waals surface area contributed by atoms with Gasteiger partial charge in [-0.15, -0.1) is 0 Å². The summed E-state index contributed by atoms with van der Waals surface area (Å²) in [6, 6.07) is 1.72. The fraction of sp³-hybridized carbons (Fsp3) is 0.360. The number of carbonyl (C=O) groups excluding carboxylic acids is 2. The lowest BCUT2D eigenvalue weighted by molar-refractivity contribution is -0.127.